The van der Waals surface area contributed by atoms with E-state index in [1.165, 1.54) is 28.3 Å². The van der Waals surface area contributed by atoms with Gasteiger partial charge in [0.2, 0.25) is 0 Å². The second kappa shape index (κ2) is 10.3. The lowest BCUT2D eigenvalue weighted by molar-refractivity contribution is 0.631. The molecule has 226 valence electrons. The summed E-state index contributed by atoms with van der Waals surface area (Å²) >= 11 is 7.71. The van der Waals surface area contributed by atoms with Crippen molar-refractivity contribution in [3.63, 3.8) is 0 Å². The van der Waals surface area contributed by atoms with E-state index in [4.69, 9.17) is 11.6 Å². The highest BCUT2D eigenvalue weighted by Crippen LogP contribution is 2.58. The van der Waals surface area contributed by atoms with Crippen LogP contribution in [0.15, 0.2) is 133 Å². The summed E-state index contributed by atoms with van der Waals surface area (Å²) in [6, 6.07) is 45.2. The Morgan fingerprint density at radius 3 is 1.15 bits per heavy atom. The molecule has 0 aliphatic carbocycles. The Balaban J connectivity index is 1.47. The molecule has 4 heteroatoms. The maximum atomic E-state index is 15.6. The first kappa shape index (κ1) is 28.6. The van der Waals surface area contributed by atoms with Gasteiger partial charge >= 0.3 is 0 Å². The van der Waals surface area contributed by atoms with Gasteiger partial charge in [-0.25, -0.2) is 4.39 Å². The summed E-state index contributed by atoms with van der Waals surface area (Å²) in [5.74, 6) is -0.275. The first-order valence-electron chi connectivity index (χ1n) is 15.8. The first-order chi connectivity index (χ1) is 22.2. The molecule has 0 atom stereocenters. The quantitative estimate of drug-likeness (QED) is 0.194. The van der Waals surface area contributed by atoms with E-state index in [0.717, 1.165) is 39.7 Å². The summed E-state index contributed by atoms with van der Waals surface area (Å²) in [6.45, 7) is 9.09. The molecule has 2 aliphatic heterocycles. The number of benzene rings is 6. The number of anilines is 6. The molecule has 0 N–H and O–H groups in total. The second-order valence-corrected chi connectivity index (χ2v) is 13.7. The third-order valence-corrected chi connectivity index (χ3v) is 10.4. The molecule has 6 aromatic rings. The van der Waals surface area contributed by atoms with Crippen molar-refractivity contribution in [2.75, 3.05) is 9.80 Å². The van der Waals surface area contributed by atoms with Crippen molar-refractivity contribution < 1.29 is 4.39 Å². The summed E-state index contributed by atoms with van der Waals surface area (Å²) in [4.78, 5) is 4.52. The number of rotatable bonds is 3. The highest BCUT2D eigenvalue weighted by molar-refractivity contribution is 6.37. The monoisotopic (exact) mass is 620 g/mol. The molecule has 0 unspecified atom stereocenters. The van der Waals surface area contributed by atoms with Gasteiger partial charge in [-0.15, -0.1) is 0 Å². The van der Waals surface area contributed by atoms with Crippen molar-refractivity contribution in [2.45, 2.75) is 38.5 Å². The van der Waals surface area contributed by atoms with Gasteiger partial charge < -0.3 is 9.80 Å². The van der Waals surface area contributed by atoms with E-state index < -0.39 is 0 Å². The van der Waals surface area contributed by atoms with Crippen LogP contribution in [0.1, 0.15) is 49.9 Å². The Kier molecular flexibility index (Phi) is 6.43. The Morgan fingerprint density at radius 2 is 0.783 bits per heavy atom. The minimum absolute atomic E-state index is 0.224. The van der Waals surface area contributed by atoms with E-state index in [-0.39, 0.29) is 16.6 Å². The van der Waals surface area contributed by atoms with Gasteiger partial charge in [-0.1, -0.05) is 130 Å². The van der Waals surface area contributed by atoms with Gasteiger partial charge in [-0.3, -0.25) is 0 Å². The lowest BCUT2D eigenvalue weighted by atomic mass is 9.73. The van der Waals surface area contributed by atoms with Crippen LogP contribution in [0.3, 0.4) is 0 Å². The van der Waals surface area contributed by atoms with Crippen LogP contribution in [-0.2, 0) is 10.8 Å². The molecule has 0 fully saturated rings. The third-order valence-electron chi connectivity index (χ3n) is 9.97. The summed E-state index contributed by atoms with van der Waals surface area (Å²) in [5, 5.41) is 0.591. The number of halogens is 2. The van der Waals surface area contributed by atoms with E-state index in [2.05, 4.69) is 135 Å². The van der Waals surface area contributed by atoms with Gasteiger partial charge in [-0.2, -0.15) is 0 Å². The maximum absolute atomic E-state index is 15.6. The van der Waals surface area contributed by atoms with Crippen molar-refractivity contribution in [3.05, 3.63) is 167 Å². The Hall–Kier alpha value is -4.86. The topological polar surface area (TPSA) is 6.48 Å². The Morgan fingerprint density at radius 1 is 0.457 bits per heavy atom. The molecule has 2 aliphatic rings. The minimum Gasteiger partial charge on any atom is -0.308 e. The van der Waals surface area contributed by atoms with Crippen LogP contribution >= 0.6 is 11.6 Å². The molecular formula is C42H34ClFN2. The van der Waals surface area contributed by atoms with Crippen molar-refractivity contribution in [3.8, 4) is 11.1 Å². The summed E-state index contributed by atoms with van der Waals surface area (Å²) < 4.78 is 15.6. The molecule has 0 saturated heterocycles. The van der Waals surface area contributed by atoms with E-state index in [9.17, 15) is 0 Å². The van der Waals surface area contributed by atoms with Crippen LogP contribution in [-0.4, -0.2) is 0 Å². The minimum atomic E-state index is -0.275. The molecule has 2 nitrogen and oxygen atoms in total. The smallest absolute Gasteiger partial charge is 0.131 e. The van der Waals surface area contributed by atoms with Crippen LogP contribution in [0.5, 0.6) is 0 Å². The number of fused-ring (bicyclic) bond motifs is 4. The van der Waals surface area contributed by atoms with E-state index in [1.807, 2.05) is 24.3 Å². The molecule has 46 heavy (non-hydrogen) atoms. The lowest BCUT2D eigenvalue weighted by Gasteiger charge is -2.44. The normalized spacial score (nSPS) is 15.4. The predicted molar refractivity (Wildman–Crippen MR) is 190 cm³/mol. The van der Waals surface area contributed by atoms with Crippen LogP contribution in [0.4, 0.5) is 38.5 Å². The van der Waals surface area contributed by atoms with Crippen LogP contribution in [0, 0.1) is 5.82 Å². The first-order valence-corrected chi connectivity index (χ1v) is 16.1. The third kappa shape index (κ3) is 4.08. The molecule has 8 rings (SSSR count). The summed E-state index contributed by atoms with van der Waals surface area (Å²) in [6.07, 6.45) is 0. The molecule has 0 bridgehead atoms. The summed E-state index contributed by atoms with van der Waals surface area (Å²) in [5.41, 5.74) is 11.5. The molecule has 6 aromatic carbocycles. The van der Waals surface area contributed by atoms with E-state index >= 15 is 4.39 Å². The van der Waals surface area contributed by atoms with Crippen molar-refractivity contribution in [1.29, 1.82) is 0 Å². The summed E-state index contributed by atoms with van der Waals surface area (Å²) in [7, 11) is 0. The average molecular weight is 621 g/mol. The van der Waals surface area contributed by atoms with Crippen LogP contribution in [0.25, 0.3) is 11.1 Å². The fourth-order valence-corrected chi connectivity index (χ4v) is 7.91. The Labute approximate surface area is 275 Å². The number of hydrogen-bond donors (Lipinski definition) is 0. The van der Waals surface area contributed by atoms with Crippen LogP contribution in [0.2, 0.25) is 5.02 Å². The maximum Gasteiger partial charge on any atom is 0.131 e. The van der Waals surface area contributed by atoms with Crippen molar-refractivity contribution >= 4 is 45.7 Å². The molecule has 0 radical (unpaired) electrons. The fraction of sp³-hybridized carbons (Fsp3) is 0.143. The average Bonchev–Trinajstić information content (AvgIpc) is 3.07. The Bertz CT molecular complexity index is 1940. The van der Waals surface area contributed by atoms with Gasteiger partial charge in [0.1, 0.15) is 5.82 Å². The van der Waals surface area contributed by atoms with E-state index in [0.29, 0.717) is 10.6 Å². The number of hydrogen-bond acceptors (Lipinski definition) is 2. The van der Waals surface area contributed by atoms with Gasteiger partial charge in [0.05, 0.1) is 39.1 Å². The van der Waals surface area contributed by atoms with Gasteiger partial charge in [0.15, 0.2) is 0 Å². The molecule has 2 heterocycles. The highest BCUT2D eigenvalue weighted by atomic mass is 35.5. The highest BCUT2D eigenvalue weighted by Gasteiger charge is 2.40. The zero-order valence-corrected chi connectivity index (χ0v) is 27.1. The second-order valence-electron chi connectivity index (χ2n) is 13.3. The largest absolute Gasteiger partial charge is 0.308 e. The zero-order chi connectivity index (χ0) is 31.8. The predicted octanol–water partition coefficient (Wildman–Crippen LogP) is 12.4. The van der Waals surface area contributed by atoms with E-state index in [1.54, 1.807) is 6.07 Å². The SMILES string of the molecule is CC1(C)c2ccccc2N(c2cc(-c3ccccc3F)cc(N3c4ccccc4C(C)(C)c4ccccc43)c2Cl)c2ccccc21. The fourth-order valence-electron chi connectivity index (χ4n) is 7.63. The number of para-hydroxylation sites is 4. The number of nitrogens with zero attached hydrogens (tertiary/aromatic N) is 2. The molecule has 0 saturated carbocycles. The van der Waals surface area contributed by atoms with Gasteiger partial charge in [0, 0.05) is 16.4 Å². The van der Waals surface area contributed by atoms with Crippen molar-refractivity contribution in [1.82, 2.24) is 0 Å². The van der Waals surface area contributed by atoms with Gasteiger partial charge in [0.25, 0.3) is 0 Å². The van der Waals surface area contributed by atoms with Crippen molar-refractivity contribution in [2.24, 2.45) is 0 Å². The molecule has 0 spiro atoms. The molecule has 0 amide bonds. The van der Waals surface area contributed by atoms with Crippen LogP contribution < -0.4 is 9.80 Å². The zero-order valence-electron chi connectivity index (χ0n) is 26.4. The lowest BCUT2D eigenvalue weighted by Crippen LogP contribution is -2.31. The standard InChI is InChI=1S/C42H34ClFN2/c1-41(2)29-16-6-11-21-34(29)45(35-22-12-7-17-30(35)41)38-25-27(28-15-5-10-20-33(28)44)26-39(40(38)43)46-36-23-13-8-18-31(36)42(3,4)32-19-9-14-24-37(32)46/h5-26H,1-4H3. The molecular weight excluding hydrogens is 587 g/mol. The molecule has 0 aromatic heterocycles. The van der Waals surface area contributed by atoms with Gasteiger partial charge in [-0.05, 0) is 70.3 Å².